The van der Waals surface area contributed by atoms with Gasteiger partial charge in [0.25, 0.3) is 0 Å². The van der Waals surface area contributed by atoms with Crippen molar-refractivity contribution in [3.63, 3.8) is 0 Å². The Bertz CT molecular complexity index is 407. The summed E-state index contributed by atoms with van der Waals surface area (Å²) < 4.78 is 0. The SMILES string of the molecule is Cl.NC1(C(=O)NCC(CCO)c2ccccc2)CC1. The number of nitrogens with one attached hydrogen (secondary N) is 1. The first-order valence-electron chi connectivity index (χ1n) is 6.39. The van der Waals surface area contributed by atoms with Gasteiger partial charge in [-0.1, -0.05) is 30.3 Å². The van der Waals surface area contributed by atoms with Crippen molar-refractivity contribution in [1.29, 1.82) is 0 Å². The van der Waals surface area contributed by atoms with Crippen LogP contribution in [0.5, 0.6) is 0 Å². The van der Waals surface area contributed by atoms with E-state index in [2.05, 4.69) is 5.32 Å². The molecule has 1 aliphatic carbocycles. The first kappa shape index (κ1) is 16.0. The topological polar surface area (TPSA) is 75.4 Å². The quantitative estimate of drug-likeness (QED) is 0.734. The summed E-state index contributed by atoms with van der Waals surface area (Å²) in [5.41, 5.74) is 6.34. The Kier molecular flexibility index (Phi) is 5.79. The number of nitrogens with two attached hydrogens (primary N) is 1. The average molecular weight is 285 g/mol. The summed E-state index contributed by atoms with van der Waals surface area (Å²) >= 11 is 0. The van der Waals surface area contributed by atoms with Gasteiger partial charge in [0.15, 0.2) is 0 Å². The fourth-order valence-electron chi connectivity index (χ4n) is 2.02. The van der Waals surface area contributed by atoms with Gasteiger partial charge in [0.1, 0.15) is 0 Å². The van der Waals surface area contributed by atoms with Crippen molar-refractivity contribution >= 4 is 18.3 Å². The average Bonchev–Trinajstić information content (AvgIpc) is 3.14. The van der Waals surface area contributed by atoms with Gasteiger partial charge in [-0.05, 0) is 24.8 Å². The zero-order valence-electron chi connectivity index (χ0n) is 10.8. The zero-order valence-corrected chi connectivity index (χ0v) is 11.7. The van der Waals surface area contributed by atoms with Crippen LogP contribution in [0.25, 0.3) is 0 Å². The normalized spacial score (nSPS) is 17.2. The fraction of sp³-hybridized carbons (Fsp3) is 0.500. The first-order valence-corrected chi connectivity index (χ1v) is 6.39. The maximum atomic E-state index is 11.8. The first-order chi connectivity index (χ1) is 8.65. The van der Waals surface area contributed by atoms with Crippen LogP contribution in [0.2, 0.25) is 0 Å². The van der Waals surface area contributed by atoms with E-state index in [1.165, 1.54) is 0 Å². The Morgan fingerprint density at radius 3 is 2.53 bits per heavy atom. The predicted octanol–water partition coefficient (Wildman–Crippen LogP) is 1.18. The molecule has 5 heteroatoms. The van der Waals surface area contributed by atoms with E-state index in [0.717, 1.165) is 18.4 Å². The summed E-state index contributed by atoms with van der Waals surface area (Å²) in [6, 6.07) is 9.92. The van der Waals surface area contributed by atoms with E-state index < -0.39 is 5.54 Å². The molecule has 1 aromatic rings. The number of aliphatic hydroxyl groups excluding tert-OH is 1. The molecule has 0 bridgehead atoms. The van der Waals surface area contributed by atoms with Crippen molar-refractivity contribution in [2.75, 3.05) is 13.2 Å². The minimum Gasteiger partial charge on any atom is -0.396 e. The number of aliphatic hydroxyl groups is 1. The summed E-state index contributed by atoms with van der Waals surface area (Å²) in [4.78, 5) is 11.8. The second-order valence-electron chi connectivity index (χ2n) is 4.99. The van der Waals surface area contributed by atoms with Crippen molar-refractivity contribution in [2.45, 2.75) is 30.7 Å². The number of carbonyl (C=O) groups is 1. The van der Waals surface area contributed by atoms with Gasteiger partial charge >= 0.3 is 0 Å². The molecule has 1 unspecified atom stereocenters. The molecule has 0 aliphatic heterocycles. The summed E-state index contributed by atoms with van der Waals surface area (Å²) in [7, 11) is 0. The molecule has 4 nitrogen and oxygen atoms in total. The summed E-state index contributed by atoms with van der Waals surface area (Å²) in [5, 5.41) is 12.0. The van der Waals surface area contributed by atoms with Crippen molar-refractivity contribution in [3.05, 3.63) is 35.9 Å². The Hall–Kier alpha value is -1.10. The zero-order chi connectivity index (χ0) is 13.0. The molecule has 1 aromatic carbocycles. The van der Waals surface area contributed by atoms with E-state index in [1.54, 1.807) is 0 Å². The van der Waals surface area contributed by atoms with Gasteiger partial charge in [-0.3, -0.25) is 4.79 Å². The molecular weight excluding hydrogens is 264 g/mol. The lowest BCUT2D eigenvalue weighted by molar-refractivity contribution is -0.123. The van der Waals surface area contributed by atoms with Crippen LogP contribution in [0, 0.1) is 0 Å². The molecular formula is C14H21ClN2O2. The van der Waals surface area contributed by atoms with E-state index in [9.17, 15) is 4.79 Å². The third kappa shape index (κ3) is 4.20. The highest BCUT2D eigenvalue weighted by Gasteiger charge is 2.45. The fourth-order valence-corrected chi connectivity index (χ4v) is 2.02. The van der Waals surface area contributed by atoms with Gasteiger partial charge in [-0.25, -0.2) is 0 Å². The highest BCUT2D eigenvalue weighted by Crippen LogP contribution is 2.32. The Morgan fingerprint density at radius 2 is 2.00 bits per heavy atom. The van der Waals surface area contributed by atoms with Gasteiger partial charge in [-0.15, -0.1) is 12.4 Å². The highest BCUT2D eigenvalue weighted by atomic mass is 35.5. The van der Waals surface area contributed by atoms with Crippen LogP contribution in [0.1, 0.15) is 30.7 Å². The van der Waals surface area contributed by atoms with Crippen molar-refractivity contribution in [3.8, 4) is 0 Å². The summed E-state index contributed by atoms with van der Waals surface area (Å²) in [6.07, 6.45) is 2.19. The largest absolute Gasteiger partial charge is 0.396 e. The monoisotopic (exact) mass is 284 g/mol. The van der Waals surface area contributed by atoms with E-state index in [0.29, 0.717) is 13.0 Å². The lowest BCUT2D eigenvalue weighted by atomic mass is 9.96. The third-order valence-corrected chi connectivity index (χ3v) is 3.50. The molecule has 0 spiro atoms. The molecule has 19 heavy (non-hydrogen) atoms. The van der Waals surface area contributed by atoms with Crippen LogP contribution in [0.4, 0.5) is 0 Å². The lowest BCUT2D eigenvalue weighted by Gasteiger charge is -2.18. The van der Waals surface area contributed by atoms with E-state index >= 15 is 0 Å². The minimum atomic E-state index is -0.625. The highest BCUT2D eigenvalue weighted by molar-refractivity contribution is 5.89. The maximum absolute atomic E-state index is 11.8. The molecule has 0 aromatic heterocycles. The van der Waals surface area contributed by atoms with Crippen LogP contribution >= 0.6 is 12.4 Å². The number of carbonyl (C=O) groups excluding carboxylic acids is 1. The number of amides is 1. The minimum absolute atomic E-state index is 0. The third-order valence-electron chi connectivity index (χ3n) is 3.50. The van der Waals surface area contributed by atoms with Crippen molar-refractivity contribution in [2.24, 2.45) is 5.73 Å². The van der Waals surface area contributed by atoms with Gasteiger partial charge in [0.05, 0.1) is 5.54 Å². The van der Waals surface area contributed by atoms with E-state index in [4.69, 9.17) is 10.8 Å². The van der Waals surface area contributed by atoms with Gasteiger partial charge < -0.3 is 16.2 Å². The second-order valence-corrected chi connectivity index (χ2v) is 4.99. The molecule has 106 valence electrons. The molecule has 1 aliphatic rings. The molecule has 1 saturated carbocycles. The number of rotatable bonds is 6. The predicted molar refractivity (Wildman–Crippen MR) is 77.3 cm³/mol. The van der Waals surface area contributed by atoms with Gasteiger partial charge in [0, 0.05) is 19.1 Å². The molecule has 0 saturated heterocycles. The second kappa shape index (κ2) is 6.89. The standard InChI is InChI=1S/C14H20N2O2.ClH/c15-14(7-8-14)13(18)16-10-12(6-9-17)11-4-2-1-3-5-11;/h1-5,12,17H,6-10,15H2,(H,16,18);1H. The smallest absolute Gasteiger partial charge is 0.240 e. The maximum Gasteiger partial charge on any atom is 0.240 e. The van der Waals surface area contributed by atoms with Crippen LogP contribution in [0.15, 0.2) is 30.3 Å². The van der Waals surface area contributed by atoms with Crippen LogP contribution < -0.4 is 11.1 Å². The number of hydrogen-bond donors (Lipinski definition) is 3. The Morgan fingerprint density at radius 1 is 1.37 bits per heavy atom. The van der Waals surface area contributed by atoms with Gasteiger partial charge in [-0.2, -0.15) is 0 Å². The lowest BCUT2D eigenvalue weighted by Crippen LogP contribution is -2.44. The Balaban J connectivity index is 0.00000180. The molecule has 1 atom stereocenters. The van der Waals surface area contributed by atoms with Crippen LogP contribution in [-0.2, 0) is 4.79 Å². The summed E-state index contributed by atoms with van der Waals surface area (Å²) in [5.74, 6) is 0.0730. The number of hydrogen-bond acceptors (Lipinski definition) is 3. The van der Waals surface area contributed by atoms with Crippen LogP contribution in [0.3, 0.4) is 0 Å². The van der Waals surface area contributed by atoms with Gasteiger partial charge in [0.2, 0.25) is 5.91 Å². The van der Waals surface area contributed by atoms with E-state index in [1.807, 2.05) is 30.3 Å². The van der Waals surface area contributed by atoms with Crippen molar-refractivity contribution < 1.29 is 9.90 Å². The molecule has 2 rings (SSSR count). The van der Waals surface area contributed by atoms with Crippen LogP contribution in [-0.4, -0.2) is 29.7 Å². The Labute approximate surface area is 119 Å². The molecule has 0 radical (unpaired) electrons. The molecule has 0 heterocycles. The molecule has 1 fully saturated rings. The van der Waals surface area contributed by atoms with Crippen molar-refractivity contribution in [1.82, 2.24) is 5.32 Å². The molecule has 4 N–H and O–H groups in total. The van der Waals surface area contributed by atoms with E-state index in [-0.39, 0.29) is 30.8 Å². The number of benzene rings is 1. The summed E-state index contributed by atoms with van der Waals surface area (Å²) in [6.45, 7) is 0.644. The number of halogens is 1. The molecule has 1 amide bonds.